The highest BCUT2D eigenvalue weighted by atomic mass is 35.5. The fourth-order valence-corrected chi connectivity index (χ4v) is 2.07. The Morgan fingerprint density at radius 3 is 2.26 bits per heavy atom. The standard InChI is InChI=1S/C16H17ClFN/c1-11(2)19-10-14-4-3-13(9-16(14)17)12-5-7-15(18)8-6-12/h3-9,11,19H,10H2,1-2H3. The van der Waals surface area contributed by atoms with Crippen LogP contribution in [0.5, 0.6) is 0 Å². The van der Waals surface area contributed by atoms with E-state index in [9.17, 15) is 4.39 Å². The molecular weight excluding hydrogens is 261 g/mol. The van der Waals surface area contributed by atoms with Crippen molar-refractivity contribution in [2.45, 2.75) is 26.4 Å². The van der Waals surface area contributed by atoms with Crippen molar-refractivity contribution in [1.29, 1.82) is 0 Å². The topological polar surface area (TPSA) is 12.0 Å². The molecule has 2 aromatic rings. The van der Waals surface area contributed by atoms with Gasteiger partial charge in [-0.05, 0) is 34.9 Å². The normalized spacial score (nSPS) is 11.0. The Kier molecular flexibility index (Phi) is 4.56. The highest BCUT2D eigenvalue weighted by Crippen LogP contribution is 2.25. The number of nitrogens with one attached hydrogen (secondary N) is 1. The van der Waals surface area contributed by atoms with Gasteiger partial charge in [-0.15, -0.1) is 0 Å². The van der Waals surface area contributed by atoms with Gasteiger partial charge in [-0.3, -0.25) is 0 Å². The van der Waals surface area contributed by atoms with Crippen molar-refractivity contribution in [3.63, 3.8) is 0 Å². The summed E-state index contributed by atoms with van der Waals surface area (Å²) in [6, 6.07) is 12.8. The Labute approximate surface area is 118 Å². The predicted molar refractivity (Wildman–Crippen MR) is 78.8 cm³/mol. The summed E-state index contributed by atoms with van der Waals surface area (Å²) in [6.07, 6.45) is 0. The summed E-state index contributed by atoms with van der Waals surface area (Å²) in [5.74, 6) is -0.229. The molecule has 2 rings (SSSR count). The van der Waals surface area contributed by atoms with Gasteiger partial charge in [0.15, 0.2) is 0 Å². The van der Waals surface area contributed by atoms with Gasteiger partial charge >= 0.3 is 0 Å². The van der Waals surface area contributed by atoms with Crippen LogP contribution in [0.15, 0.2) is 42.5 Å². The molecule has 0 radical (unpaired) electrons. The Balaban J connectivity index is 2.21. The third-order valence-electron chi connectivity index (χ3n) is 2.93. The quantitative estimate of drug-likeness (QED) is 0.858. The third-order valence-corrected chi connectivity index (χ3v) is 3.28. The highest BCUT2D eigenvalue weighted by molar-refractivity contribution is 6.31. The van der Waals surface area contributed by atoms with Crippen molar-refractivity contribution in [2.75, 3.05) is 0 Å². The molecule has 100 valence electrons. The molecular formula is C16H17ClFN. The number of rotatable bonds is 4. The van der Waals surface area contributed by atoms with Crippen LogP contribution in [0, 0.1) is 5.82 Å². The number of hydrogen-bond acceptors (Lipinski definition) is 1. The lowest BCUT2D eigenvalue weighted by Crippen LogP contribution is -2.21. The summed E-state index contributed by atoms with van der Waals surface area (Å²) >= 11 is 6.28. The van der Waals surface area contributed by atoms with E-state index in [2.05, 4.69) is 19.2 Å². The molecule has 0 saturated carbocycles. The van der Waals surface area contributed by atoms with Crippen LogP contribution in [0.4, 0.5) is 4.39 Å². The zero-order valence-electron chi connectivity index (χ0n) is 11.1. The van der Waals surface area contributed by atoms with E-state index < -0.39 is 0 Å². The number of halogens is 2. The molecule has 0 saturated heterocycles. The van der Waals surface area contributed by atoms with Crippen LogP contribution in [0.1, 0.15) is 19.4 Å². The van der Waals surface area contributed by atoms with E-state index in [1.54, 1.807) is 12.1 Å². The van der Waals surface area contributed by atoms with Gasteiger partial charge in [-0.25, -0.2) is 4.39 Å². The second kappa shape index (κ2) is 6.18. The van der Waals surface area contributed by atoms with Gasteiger partial charge in [0.1, 0.15) is 5.82 Å². The van der Waals surface area contributed by atoms with Crippen LogP contribution in [-0.4, -0.2) is 6.04 Å². The first-order chi connectivity index (χ1) is 9.06. The van der Waals surface area contributed by atoms with Crippen molar-refractivity contribution >= 4 is 11.6 Å². The van der Waals surface area contributed by atoms with Gasteiger partial charge in [-0.1, -0.05) is 49.7 Å². The minimum atomic E-state index is -0.229. The first kappa shape index (κ1) is 14.0. The first-order valence-electron chi connectivity index (χ1n) is 6.34. The fourth-order valence-electron chi connectivity index (χ4n) is 1.83. The van der Waals surface area contributed by atoms with Gasteiger partial charge in [0.2, 0.25) is 0 Å². The minimum Gasteiger partial charge on any atom is -0.310 e. The molecule has 0 fully saturated rings. The van der Waals surface area contributed by atoms with E-state index in [0.717, 1.165) is 28.3 Å². The van der Waals surface area contributed by atoms with E-state index in [-0.39, 0.29) is 5.82 Å². The highest BCUT2D eigenvalue weighted by Gasteiger charge is 2.04. The van der Waals surface area contributed by atoms with E-state index in [4.69, 9.17) is 11.6 Å². The van der Waals surface area contributed by atoms with Crippen LogP contribution in [0.2, 0.25) is 5.02 Å². The van der Waals surface area contributed by atoms with Crippen molar-refractivity contribution in [1.82, 2.24) is 5.32 Å². The number of hydrogen-bond donors (Lipinski definition) is 1. The second-order valence-electron chi connectivity index (χ2n) is 4.85. The lowest BCUT2D eigenvalue weighted by Gasteiger charge is -2.11. The monoisotopic (exact) mass is 277 g/mol. The van der Waals surface area contributed by atoms with Gasteiger partial charge in [-0.2, -0.15) is 0 Å². The van der Waals surface area contributed by atoms with Crippen LogP contribution in [0.25, 0.3) is 11.1 Å². The molecule has 1 N–H and O–H groups in total. The molecule has 0 unspecified atom stereocenters. The third kappa shape index (κ3) is 3.79. The van der Waals surface area contributed by atoms with Crippen LogP contribution >= 0.6 is 11.6 Å². The Morgan fingerprint density at radius 2 is 1.68 bits per heavy atom. The zero-order valence-corrected chi connectivity index (χ0v) is 11.8. The van der Waals surface area contributed by atoms with Crippen LogP contribution in [-0.2, 0) is 6.54 Å². The van der Waals surface area contributed by atoms with E-state index in [1.807, 2.05) is 18.2 Å². The molecule has 0 spiro atoms. The fraction of sp³-hybridized carbons (Fsp3) is 0.250. The van der Waals surface area contributed by atoms with Crippen molar-refractivity contribution in [3.8, 4) is 11.1 Å². The van der Waals surface area contributed by atoms with E-state index >= 15 is 0 Å². The molecule has 1 nitrogen and oxygen atoms in total. The zero-order chi connectivity index (χ0) is 13.8. The predicted octanol–water partition coefficient (Wildman–Crippen LogP) is 4.64. The molecule has 2 aromatic carbocycles. The lowest BCUT2D eigenvalue weighted by molar-refractivity contribution is 0.589. The molecule has 0 aliphatic rings. The maximum Gasteiger partial charge on any atom is 0.123 e. The average molecular weight is 278 g/mol. The maximum absolute atomic E-state index is 12.9. The Morgan fingerprint density at radius 1 is 1.05 bits per heavy atom. The average Bonchev–Trinajstić information content (AvgIpc) is 2.38. The summed E-state index contributed by atoms with van der Waals surface area (Å²) in [5, 5.41) is 4.07. The summed E-state index contributed by atoms with van der Waals surface area (Å²) in [4.78, 5) is 0. The lowest BCUT2D eigenvalue weighted by atomic mass is 10.0. The second-order valence-corrected chi connectivity index (χ2v) is 5.26. The first-order valence-corrected chi connectivity index (χ1v) is 6.72. The number of benzene rings is 2. The Bertz CT molecular complexity index is 549. The smallest absolute Gasteiger partial charge is 0.123 e. The molecule has 0 bridgehead atoms. The van der Waals surface area contributed by atoms with Gasteiger partial charge in [0, 0.05) is 17.6 Å². The molecule has 0 atom stereocenters. The molecule has 0 amide bonds. The van der Waals surface area contributed by atoms with E-state index in [1.165, 1.54) is 12.1 Å². The maximum atomic E-state index is 12.9. The SMILES string of the molecule is CC(C)NCc1ccc(-c2ccc(F)cc2)cc1Cl. The molecule has 0 aliphatic heterocycles. The molecule has 3 heteroatoms. The largest absolute Gasteiger partial charge is 0.310 e. The van der Waals surface area contributed by atoms with Crippen molar-refractivity contribution < 1.29 is 4.39 Å². The Hall–Kier alpha value is -1.38. The van der Waals surface area contributed by atoms with E-state index in [0.29, 0.717) is 6.04 Å². The molecule has 0 aromatic heterocycles. The molecule has 0 aliphatic carbocycles. The summed E-state index contributed by atoms with van der Waals surface area (Å²) in [6.45, 7) is 4.95. The molecule has 0 heterocycles. The molecule has 19 heavy (non-hydrogen) atoms. The van der Waals surface area contributed by atoms with Crippen molar-refractivity contribution in [2.24, 2.45) is 0 Å². The van der Waals surface area contributed by atoms with Crippen LogP contribution < -0.4 is 5.32 Å². The van der Waals surface area contributed by atoms with Crippen LogP contribution in [0.3, 0.4) is 0 Å². The summed E-state index contributed by atoms with van der Waals surface area (Å²) in [7, 11) is 0. The van der Waals surface area contributed by atoms with Crippen molar-refractivity contribution in [3.05, 3.63) is 58.9 Å². The summed E-state index contributed by atoms with van der Waals surface area (Å²) in [5.41, 5.74) is 3.03. The minimum absolute atomic E-state index is 0.229. The van der Waals surface area contributed by atoms with Gasteiger partial charge in [0.05, 0.1) is 0 Å². The van der Waals surface area contributed by atoms with Gasteiger partial charge < -0.3 is 5.32 Å². The van der Waals surface area contributed by atoms with Gasteiger partial charge in [0.25, 0.3) is 0 Å². The summed E-state index contributed by atoms with van der Waals surface area (Å²) < 4.78 is 12.9.